The Labute approximate surface area is 119 Å². The average molecular weight is 280 g/mol. The maximum Gasteiger partial charge on any atom is 0.309 e. The van der Waals surface area contributed by atoms with Crippen LogP contribution in [0.25, 0.3) is 0 Å². The largest absolute Gasteiger partial charge is 0.481 e. The van der Waals surface area contributed by atoms with Crippen molar-refractivity contribution in [1.29, 1.82) is 0 Å². The highest BCUT2D eigenvalue weighted by atomic mass is 16.4. The number of hydrogen-bond donors (Lipinski definition) is 2. The molecular weight excluding hydrogens is 256 g/mol. The van der Waals surface area contributed by atoms with Crippen molar-refractivity contribution < 1.29 is 19.8 Å². The lowest BCUT2D eigenvalue weighted by atomic mass is 9.68. The Bertz CT molecular complexity index is 395. The standard InChI is InChI=1S/C16H24O4/c17-14(18)13-7-10-16(11-8-13,15(19)20)9-6-12-4-2-1-3-5-12/h6,13H,1-5,7-11H2,(H,17,18)(H,19,20). The molecule has 0 saturated heterocycles. The molecule has 20 heavy (non-hydrogen) atoms. The third-order valence-electron chi connectivity index (χ3n) is 5.02. The summed E-state index contributed by atoms with van der Waals surface area (Å²) in [4.78, 5) is 22.6. The first-order chi connectivity index (χ1) is 9.53. The fraction of sp³-hybridized carbons (Fsp3) is 0.750. The summed E-state index contributed by atoms with van der Waals surface area (Å²) in [7, 11) is 0. The van der Waals surface area contributed by atoms with E-state index in [4.69, 9.17) is 5.11 Å². The quantitative estimate of drug-likeness (QED) is 0.771. The highest BCUT2D eigenvalue weighted by Crippen LogP contribution is 2.43. The van der Waals surface area contributed by atoms with Gasteiger partial charge in [-0.25, -0.2) is 0 Å². The number of hydrogen-bond acceptors (Lipinski definition) is 2. The Balaban J connectivity index is 2.00. The van der Waals surface area contributed by atoms with Crippen LogP contribution in [0.4, 0.5) is 0 Å². The van der Waals surface area contributed by atoms with Crippen LogP contribution in [0.1, 0.15) is 64.2 Å². The smallest absolute Gasteiger partial charge is 0.309 e. The van der Waals surface area contributed by atoms with Crippen LogP contribution in [0.2, 0.25) is 0 Å². The van der Waals surface area contributed by atoms with Crippen molar-refractivity contribution in [3.8, 4) is 0 Å². The minimum absolute atomic E-state index is 0.357. The highest BCUT2D eigenvalue weighted by Gasteiger charge is 2.42. The van der Waals surface area contributed by atoms with Crippen LogP contribution in [0.5, 0.6) is 0 Å². The van der Waals surface area contributed by atoms with E-state index in [9.17, 15) is 14.7 Å². The number of rotatable bonds is 4. The summed E-state index contributed by atoms with van der Waals surface area (Å²) < 4.78 is 0. The molecule has 0 unspecified atom stereocenters. The van der Waals surface area contributed by atoms with Gasteiger partial charge in [0.2, 0.25) is 0 Å². The van der Waals surface area contributed by atoms with Crippen molar-refractivity contribution in [3.63, 3.8) is 0 Å². The number of carboxylic acids is 2. The molecule has 0 amide bonds. The van der Waals surface area contributed by atoms with E-state index >= 15 is 0 Å². The molecule has 0 aliphatic heterocycles. The molecule has 0 bridgehead atoms. The van der Waals surface area contributed by atoms with Gasteiger partial charge in [-0.15, -0.1) is 0 Å². The Morgan fingerprint density at radius 1 is 1.10 bits per heavy atom. The predicted molar refractivity (Wildman–Crippen MR) is 75.4 cm³/mol. The maximum absolute atomic E-state index is 11.6. The Morgan fingerprint density at radius 2 is 1.70 bits per heavy atom. The van der Waals surface area contributed by atoms with Gasteiger partial charge in [0.15, 0.2) is 0 Å². The van der Waals surface area contributed by atoms with Gasteiger partial charge in [0.25, 0.3) is 0 Å². The first kappa shape index (κ1) is 15.1. The van der Waals surface area contributed by atoms with Crippen molar-refractivity contribution >= 4 is 11.9 Å². The zero-order valence-electron chi connectivity index (χ0n) is 11.9. The third kappa shape index (κ3) is 3.41. The number of aliphatic carboxylic acids is 2. The fourth-order valence-electron chi connectivity index (χ4n) is 3.47. The molecule has 2 saturated carbocycles. The summed E-state index contributed by atoms with van der Waals surface area (Å²) in [6, 6.07) is 0. The average Bonchev–Trinajstić information content (AvgIpc) is 2.46. The van der Waals surface area contributed by atoms with Gasteiger partial charge in [-0.1, -0.05) is 18.1 Å². The SMILES string of the molecule is O=C(O)C1CCC(CC=C2CCCCC2)(C(=O)O)CC1. The molecular formula is C16H24O4. The fourth-order valence-corrected chi connectivity index (χ4v) is 3.47. The Morgan fingerprint density at radius 3 is 2.20 bits per heavy atom. The summed E-state index contributed by atoms with van der Waals surface area (Å²) in [6.07, 6.45) is 10.6. The van der Waals surface area contributed by atoms with Crippen LogP contribution >= 0.6 is 0 Å². The molecule has 0 aromatic heterocycles. The number of allylic oxidation sites excluding steroid dienone is 2. The predicted octanol–water partition coefficient (Wildman–Crippen LogP) is 3.61. The molecule has 0 radical (unpaired) electrons. The van der Waals surface area contributed by atoms with Crippen LogP contribution in [0.3, 0.4) is 0 Å². The maximum atomic E-state index is 11.6. The van der Waals surface area contributed by atoms with Gasteiger partial charge in [0.1, 0.15) is 0 Å². The normalized spacial score (nSPS) is 30.8. The summed E-state index contributed by atoms with van der Waals surface area (Å²) >= 11 is 0. The number of carbonyl (C=O) groups is 2. The first-order valence-corrected chi connectivity index (χ1v) is 7.68. The van der Waals surface area contributed by atoms with Gasteiger partial charge in [0.05, 0.1) is 11.3 Å². The molecule has 2 N–H and O–H groups in total. The molecule has 2 aliphatic carbocycles. The van der Waals surface area contributed by atoms with Gasteiger partial charge in [0, 0.05) is 0 Å². The van der Waals surface area contributed by atoms with Crippen molar-refractivity contribution in [2.24, 2.45) is 11.3 Å². The zero-order chi connectivity index (χ0) is 14.6. The number of carboxylic acid groups (broad SMARTS) is 2. The van der Waals surface area contributed by atoms with Crippen LogP contribution in [-0.4, -0.2) is 22.2 Å². The van der Waals surface area contributed by atoms with E-state index in [1.807, 2.05) is 0 Å². The van der Waals surface area contributed by atoms with Crippen molar-refractivity contribution in [3.05, 3.63) is 11.6 Å². The van der Waals surface area contributed by atoms with E-state index in [-0.39, 0.29) is 5.92 Å². The Kier molecular flexibility index (Phi) is 4.84. The highest BCUT2D eigenvalue weighted by molar-refractivity contribution is 5.76. The summed E-state index contributed by atoms with van der Waals surface area (Å²) in [5.41, 5.74) is 0.674. The summed E-state index contributed by atoms with van der Waals surface area (Å²) in [5, 5.41) is 18.6. The van der Waals surface area contributed by atoms with Crippen molar-refractivity contribution in [2.45, 2.75) is 64.2 Å². The molecule has 2 aliphatic rings. The van der Waals surface area contributed by atoms with E-state index in [2.05, 4.69) is 6.08 Å². The van der Waals surface area contributed by atoms with Crippen LogP contribution in [-0.2, 0) is 9.59 Å². The second-order valence-electron chi connectivity index (χ2n) is 6.33. The lowest BCUT2D eigenvalue weighted by Gasteiger charge is -2.35. The lowest BCUT2D eigenvalue weighted by Crippen LogP contribution is -2.36. The molecule has 0 aromatic carbocycles. The molecule has 0 atom stereocenters. The van der Waals surface area contributed by atoms with Gasteiger partial charge >= 0.3 is 11.9 Å². The van der Waals surface area contributed by atoms with E-state index in [0.717, 1.165) is 12.8 Å². The minimum atomic E-state index is -0.783. The van der Waals surface area contributed by atoms with E-state index in [0.29, 0.717) is 32.1 Å². The molecule has 0 spiro atoms. The van der Waals surface area contributed by atoms with Crippen molar-refractivity contribution in [2.75, 3.05) is 0 Å². The molecule has 2 fully saturated rings. The monoisotopic (exact) mass is 280 g/mol. The van der Waals surface area contributed by atoms with Crippen LogP contribution in [0, 0.1) is 11.3 Å². The second kappa shape index (κ2) is 6.42. The van der Waals surface area contributed by atoms with E-state index in [1.165, 1.54) is 24.8 Å². The summed E-state index contributed by atoms with van der Waals surface area (Å²) in [5.74, 6) is -1.89. The minimum Gasteiger partial charge on any atom is -0.481 e. The zero-order valence-corrected chi connectivity index (χ0v) is 11.9. The molecule has 0 heterocycles. The molecule has 4 nitrogen and oxygen atoms in total. The van der Waals surface area contributed by atoms with Crippen molar-refractivity contribution in [1.82, 2.24) is 0 Å². The molecule has 2 rings (SSSR count). The van der Waals surface area contributed by atoms with Crippen LogP contribution < -0.4 is 0 Å². The van der Waals surface area contributed by atoms with Gasteiger partial charge in [-0.3, -0.25) is 9.59 Å². The molecule has 4 heteroatoms. The Hall–Kier alpha value is -1.32. The van der Waals surface area contributed by atoms with Gasteiger partial charge in [-0.05, 0) is 57.8 Å². The van der Waals surface area contributed by atoms with E-state index in [1.54, 1.807) is 0 Å². The first-order valence-electron chi connectivity index (χ1n) is 7.68. The third-order valence-corrected chi connectivity index (χ3v) is 5.02. The second-order valence-corrected chi connectivity index (χ2v) is 6.33. The van der Waals surface area contributed by atoms with Gasteiger partial charge in [-0.2, -0.15) is 0 Å². The molecule has 112 valence electrons. The lowest BCUT2D eigenvalue weighted by molar-refractivity contribution is -0.155. The van der Waals surface area contributed by atoms with E-state index < -0.39 is 17.4 Å². The van der Waals surface area contributed by atoms with Gasteiger partial charge < -0.3 is 10.2 Å². The van der Waals surface area contributed by atoms with Crippen LogP contribution in [0.15, 0.2) is 11.6 Å². The topological polar surface area (TPSA) is 74.6 Å². The summed E-state index contributed by atoms with van der Waals surface area (Å²) in [6.45, 7) is 0. The molecule has 0 aromatic rings.